The van der Waals surface area contributed by atoms with E-state index in [-0.39, 0.29) is 23.4 Å². The second-order valence-corrected chi connectivity index (χ2v) is 5.20. The van der Waals surface area contributed by atoms with Gasteiger partial charge in [0.05, 0.1) is 28.3 Å². The first-order valence-corrected chi connectivity index (χ1v) is 6.83. The average molecular weight is 327 g/mol. The van der Waals surface area contributed by atoms with Crippen LogP contribution in [0.2, 0.25) is 10.0 Å². The van der Waals surface area contributed by atoms with Crippen LogP contribution >= 0.6 is 23.2 Å². The molecule has 0 heterocycles. The molecule has 2 rings (SSSR count). The SMILES string of the molecule is O=[N+]([O-])c1ccc(NC(CO)c2ccc(Cl)cc2)c(Cl)c1. The molecule has 1 unspecified atom stereocenters. The van der Waals surface area contributed by atoms with E-state index in [9.17, 15) is 15.2 Å². The summed E-state index contributed by atoms with van der Waals surface area (Å²) in [7, 11) is 0. The first-order chi connectivity index (χ1) is 10.0. The highest BCUT2D eigenvalue weighted by Gasteiger charge is 2.14. The molecule has 0 amide bonds. The highest BCUT2D eigenvalue weighted by atomic mass is 35.5. The van der Waals surface area contributed by atoms with E-state index in [1.54, 1.807) is 24.3 Å². The van der Waals surface area contributed by atoms with Gasteiger partial charge in [-0.3, -0.25) is 10.1 Å². The van der Waals surface area contributed by atoms with Crippen molar-refractivity contribution in [1.82, 2.24) is 0 Å². The standard InChI is InChI=1S/C14H12Cl2N2O3/c15-10-3-1-9(2-4-10)14(8-19)17-13-6-5-11(18(20)21)7-12(13)16/h1-7,14,17,19H,8H2. The Kier molecular flexibility index (Phi) is 5.01. The molecule has 21 heavy (non-hydrogen) atoms. The van der Waals surface area contributed by atoms with E-state index in [1.807, 2.05) is 0 Å². The molecule has 2 aromatic rings. The Balaban J connectivity index is 2.22. The minimum atomic E-state index is -0.515. The second kappa shape index (κ2) is 6.76. The van der Waals surface area contributed by atoms with Crippen LogP contribution < -0.4 is 5.32 Å². The number of nitro benzene ring substituents is 1. The van der Waals surface area contributed by atoms with Crippen LogP contribution in [0, 0.1) is 10.1 Å². The molecule has 0 radical (unpaired) electrons. The molecular formula is C14H12Cl2N2O3. The zero-order valence-corrected chi connectivity index (χ0v) is 12.3. The summed E-state index contributed by atoms with van der Waals surface area (Å²) in [5, 5.41) is 24.0. The van der Waals surface area contributed by atoms with Gasteiger partial charge in [-0.25, -0.2) is 0 Å². The molecule has 1 atom stereocenters. The number of nitro groups is 1. The van der Waals surface area contributed by atoms with E-state index < -0.39 is 4.92 Å². The van der Waals surface area contributed by atoms with Crippen molar-refractivity contribution in [1.29, 1.82) is 0 Å². The largest absolute Gasteiger partial charge is 0.394 e. The molecule has 2 N–H and O–H groups in total. The normalized spacial score (nSPS) is 12.0. The van der Waals surface area contributed by atoms with Gasteiger partial charge in [0, 0.05) is 17.2 Å². The van der Waals surface area contributed by atoms with Crippen molar-refractivity contribution in [3.05, 3.63) is 68.2 Å². The van der Waals surface area contributed by atoms with Crippen LogP contribution in [0.3, 0.4) is 0 Å². The molecule has 0 spiro atoms. The molecule has 0 saturated carbocycles. The maximum atomic E-state index is 10.7. The Morgan fingerprint density at radius 1 is 1.19 bits per heavy atom. The minimum absolute atomic E-state index is 0.0856. The predicted octanol–water partition coefficient (Wildman–Crippen LogP) is 4.05. The number of anilines is 1. The molecule has 0 aliphatic rings. The molecule has 2 aromatic carbocycles. The van der Waals surface area contributed by atoms with E-state index in [2.05, 4.69) is 5.32 Å². The zero-order valence-electron chi connectivity index (χ0n) is 10.8. The lowest BCUT2D eigenvalue weighted by molar-refractivity contribution is -0.384. The van der Waals surface area contributed by atoms with Crippen LogP contribution in [0.15, 0.2) is 42.5 Å². The summed E-state index contributed by atoms with van der Waals surface area (Å²) < 4.78 is 0. The fourth-order valence-corrected chi connectivity index (χ4v) is 2.21. The molecule has 0 aliphatic heterocycles. The van der Waals surface area contributed by atoms with Crippen LogP contribution in [-0.4, -0.2) is 16.6 Å². The zero-order chi connectivity index (χ0) is 15.4. The Hall–Kier alpha value is -1.82. The highest BCUT2D eigenvalue weighted by Crippen LogP contribution is 2.30. The van der Waals surface area contributed by atoms with E-state index in [4.69, 9.17) is 23.2 Å². The fraction of sp³-hybridized carbons (Fsp3) is 0.143. The van der Waals surface area contributed by atoms with Gasteiger partial charge in [-0.05, 0) is 23.8 Å². The molecule has 0 bridgehead atoms. The lowest BCUT2D eigenvalue weighted by atomic mass is 10.1. The number of hydrogen-bond acceptors (Lipinski definition) is 4. The van der Waals surface area contributed by atoms with Crippen molar-refractivity contribution in [2.75, 3.05) is 11.9 Å². The van der Waals surface area contributed by atoms with Crippen LogP contribution in [0.25, 0.3) is 0 Å². The summed E-state index contributed by atoms with van der Waals surface area (Å²) >= 11 is 11.8. The molecule has 0 fully saturated rings. The maximum absolute atomic E-state index is 10.7. The third-order valence-corrected chi connectivity index (χ3v) is 3.51. The molecule has 7 heteroatoms. The number of aliphatic hydroxyl groups is 1. The number of rotatable bonds is 5. The summed E-state index contributed by atoms with van der Waals surface area (Å²) in [5.41, 5.74) is 1.25. The topological polar surface area (TPSA) is 75.4 Å². The smallest absolute Gasteiger partial charge is 0.271 e. The molecule has 110 valence electrons. The quantitative estimate of drug-likeness (QED) is 0.642. The number of non-ortho nitro benzene ring substituents is 1. The summed E-state index contributed by atoms with van der Waals surface area (Å²) in [6.07, 6.45) is 0. The van der Waals surface area contributed by atoms with E-state index in [0.29, 0.717) is 10.7 Å². The molecule has 0 aromatic heterocycles. The molecular weight excluding hydrogens is 315 g/mol. The van der Waals surface area contributed by atoms with E-state index in [1.165, 1.54) is 18.2 Å². The summed E-state index contributed by atoms with van der Waals surface area (Å²) in [6, 6.07) is 10.8. The molecule has 5 nitrogen and oxygen atoms in total. The number of benzene rings is 2. The van der Waals surface area contributed by atoms with Crippen molar-refractivity contribution in [3.63, 3.8) is 0 Å². The Morgan fingerprint density at radius 2 is 1.86 bits per heavy atom. The van der Waals surface area contributed by atoms with Crippen molar-refractivity contribution in [2.45, 2.75) is 6.04 Å². The van der Waals surface area contributed by atoms with Crippen molar-refractivity contribution in [2.24, 2.45) is 0 Å². The second-order valence-electron chi connectivity index (χ2n) is 4.35. The number of aliphatic hydroxyl groups excluding tert-OH is 1. The van der Waals surface area contributed by atoms with Crippen molar-refractivity contribution < 1.29 is 10.0 Å². The Morgan fingerprint density at radius 3 is 2.38 bits per heavy atom. The monoisotopic (exact) mass is 326 g/mol. The van der Waals surface area contributed by atoms with Crippen molar-refractivity contribution >= 4 is 34.6 Å². The van der Waals surface area contributed by atoms with Gasteiger partial charge in [-0.2, -0.15) is 0 Å². The van der Waals surface area contributed by atoms with E-state index >= 15 is 0 Å². The lowest BCUT2D eigenvalue weighted by Gasteiger charge is -2.19. The fourth-order valence-electron chi connectivity index (χ4n) is 1.85. The van der Waals surface area contributed by atoms with Crippen LogP contribution in [0.5, 0.6) is 0 Å². The van der Waals surface area contributed by atoms with Crippen LogP contribution in [0.4, 0.5) is 11.4 Å². The van der Waals surface area contributed by atoms with Gasteiger partial charge in [0.25, 0.3) is 5.69 Å². The number of halogens is 2. The maximum Gasteiger partial charge on any atom is 0.271 e. The van der Waals surface area contributed by atoms with Gasteiger partial charge in [0.15, 0.2) is 0 Å². The first-order valence-electron chi connectivity index (χ1n) is 6.08. The van der Waals surface area contributed by atoms with Crippen LogP contribution in [0.1, 0.15) is 11.6 Å². The van der Waals surface area contributed by atoms with Gasteiger partial charge < -0.3 is 10.4 Å². The third kappa shape index (κ3) is 3.85. The van der Waals surface area contributed by atoms with Gasteiger partial charge >= 0.3 is 0 Å². The van der Waals surface area contributed by atoms with Crippen LogP contribution in [-0.2, 0) is 0 Å². The van der Waals surface area contributed by atoms with Crippen molar-refractivity contribution in [3.8, 4) is 0 Å². The Bertz CT molecular complexity index is 647. The summed E-state index contributed by atoms with van der Waals surface area (Å²) in [6.45, 7) is -0.158. The van der Waals surface area contributed by atoms with Gasteiger partial charge in [-0.1, -0.05) is 35.3 Å². The van der Waals surface area contributed by atoms with E-state index in [0.717, 1.165) is 5.56 Å². The third-order valence-electron chi connectivity index (χ3n) is 2.95. The average Bonchev–Trinajstić information content (AvgIpc) is 2.47. The summed E-state index contributed by atoms with van der Waals surface area (Å²) in [4.78, 5) is 10.2. The number of nitrogens with zero attached hydrogens (tertiary/aromatic N) is 1. The lowest BCUT2D eigenvalue weighted by Crippen LogP contribution is -2.15. The molecule has 0 saturated heterocycles. The van der Waals surface area contributed by atoms with Gasteiger partial charge in [-0.15, -0.1) is 0 Å². The minimum Gasteiger partial charge on any atom is -0.394 e. The summed E-state index contributed by atoms with van der Waals surface area (Å²) in [5.74, 6) is 0. The number of hydrogen-bond donors (Lipinski definition) is 2. The van der Waals surface area contributed by atoms with Gasteiger partial charge in [0.2, 0.25) is 0 Å². The number of nitrogens with one attached hydrogen (secondary N) is 1. The first kappa shape index (κ1) is 15.6. The predicted molar refractivity (Wildman–Crippen MR) is 83.0 cm³/mol. The molecule has 0 aliphatic carbocycles. The highest BCUT2D eigenvalue weighted by molar-refractivity contribution is 6.33. The van der Waals surface area contributed by atoms with Gasteiger partial charge in [0.1, 0.15) is 0 Å². The Labute approximate surface area is 131 Å².